The third-order valence-corrected chi connectivity index (χ3v) is 6.37. The van der Waals surface area contributed by atoms with Crippen LogP contribution in [0.25, 0.3) is 10.2 Å². The summed E-state index contributed by atoms with van der Waals surface area (Å²) in [6, 6.07) is 14.0. The summed E-state index contributed by atoms with van der Waals surface area (Å²) >= 11 is 7.37. The fraction of sp³-hybridized carbons (Fsp3) is 0.174. The lowest BCUT2D eigenvalue weighted by Gasteiger charge is -2.13. The summed E-state index contributed by atoms with van der Waals surface area (Å²) in [5.41, 5.74) is 1.66. The number of hydrogen-bond acceptors (Lipinski definition) is 5. The lowest BCUT2D eigenvalue weighted by molar-refractivity contribution is -0.116. The zero-order valence-electron chi connectivity index (χ0n) is 17.4. The van der Waals surface area contributed by atoms with Crippen LogP contribution < -0.4 is 21.3 Å². The van der Waals surface area contributed by atoms with E-state index in [-0.39, 0.29) is 18.6 Å². The van der Waals surface area contributed by atoms with Crippen molar-refractivity contribution in [2.24, 2.45) is 0 Å². The van der Waals surface area contributed by atoms with Crippen LogP contribution in [-0.2, 0) is 17.9 Å². The van der Waals surface area contributed by atoms with Gasteiger partial charge in [0.15, 0.2) is 0 Å². The van der Waals surface area contributed by atoms with E-state index >= 15 is 0 Å². The van der Waals surface area contributed by atoms with Gasteiger partial charge < -0.3 is 10.1 Å². The molecule has 9 heteroatoms. The number of hydrogen-bond donors (Lipinski definition) is 1. The number of methoxy groups -OCH3 is 1. The number of aryl methyl sites for hydroxylation is 1. The molecule has 2 aromatic heterocycles. The molecule has 0 saturated carbocycles. The first-order valence-corrected chi connectivity index (χ1v) is 11.0. The second-order valence-electron chi connectivity index (χ2n) is 7.26. The number of aromatic nitrogens is 2. The molecule has 4 rings (SSSR count). The normalized spacial score (nSPS) is 11.0. The zero-order valence-corrected chi connectivity index (χ0v) is 19.0. The molecule has 2 aromatic carbocycles. The van der Waals surface area contributed by atoms with Gasteiger partial charge in [-0.2, -0.15) is 0 Å². The second kappa shape index (κ2) is 9.02. The fourth-order valence-corrected chi connectivity index (χ4v) is 4.42. The third kappa shape index (κ3) is 4.32. The van der Waals surface area contributed by atoms with Crippen LogP contribution in [0.4, 0.5) is 5.69 Å². The van der Waals surface area contributed by atoms with Crippen LogP contribution in [0, 0.1) is 6.92 Å². The van der Waals surface area contributed by atoms with Gasteiger partial charge >= 0.3 is 5.69 Å². The van der Waals surface area contributed by atoms with E-state index in [1.807, 2.05) is 13.0 Å². The Bertz CT molecular complexity index is 1440. The molecule has 0 bridgehead atoms. The van der Waals surface area contributed by atoms with Crippen LogP contribution in [0.15, 0.2) is 63.5 Å². The number of nitrogens with one attached hydrogen (secondary N) is 1. The fourth-order valence-electron chi connectivity index (χ4n) is 3.39. The van der Waals surface area contributed by atoms with Crippen molar-refractivity contribution in [2.45, 2.75) is 20.0 Å². The van der Waals surface area contributed by atoms with E-state index in [0.717, 1.165) is 15.7 Å². The highest BCUT2D eigenvalue weighted by Gasteiger charge is 2.17. The Labute approximate surface area is 192 Å². The van der Waals surface area contributed by atoms with Crippen molar-refractivity contribution in [3.05, 3.63) is 90.9 Å². The minimum atomic E-state index is -0.555. The van der Waals surface area contributed by atoms with E-state index in [1.165, 1.54) is 15.9 Å². The van der Waals surface area contributed by atoms with E-state index in [2.05, 4.69) is 5.32 Å². The average molecular weight is 470 g/mol. The van der Waals surface area contributed by atoms with Gasteiger partial charge in [-0.25, -0.2) is 4.79 Å². The lowest BCUT2D eigenvalue weighted by Crippen LogP contribution is -2.41. The van der Waals surface area contributed by atoms with Gasteiger partial charge in [0.25, 0.3) is 5.56 Å². The number of benzene rings is 2. The Balaban J connectivity index is 1.70. The monoisotopic (exact) mass is 469 g/mol. The first-order valence-electron chi connectivity index (χ1n) is 9.77. The second-order valence-corrected chi connectivity index (χ2v) is 8.58. The summed E-state index contributed by atoms with van der Waals surface area (Å²) in [4.78, 5) is 38.9. The summed E-state index contributed by atoms with van der Waals surface area (Å²) in [7, 11) is 1.55. The maximum Gasteiger partial charge on any atom is 0.332 e. The minimum absolute atomic E-state index is 0.0674. The molecule has 0 radical (unpaired) electrons. The average Bonchev–Trinajstić information content (AvgIpc) is 3.27. The Morgan fingerprint density at radius 2 is 1.94 bits per heavy atom. The van der Waals surface area contributed by atoms with Gasteiger partial charge in [-0.05, 0) is 53.8 Å². The maximum absolute atomic E-state index is 13.2. The number of thiophene rings is 1. The van der Waals surface area contributed by atoms with Gasteiger partial charge in [-0.15, -0.1) is 11.3 Å². The first-order chi connectivity index (χ1) is 15.4. The van der Waals surface area contributed by atoms with Crippen LogP contribution in [-0.4, -0.2) is 22.2 Å². The molecule has 0 fully saturated rings. The molecular formula is C23H20ClN3O4S. The zero-order chi connectivity index (χ0) is 22.8. The Kier molecular flexibility index (Phi) is 6.16. The molecule has 0 aliphatic carbocycles. The molecule has 0 atom stereocenters. The minimum Gasteiger partial charge on any atom is -0.497 e. The number of fused-ring (bicyclic) bond motifs is 1. The highest BCUT2D eigenvalue weighted by molar-refractivity contribution is 7.17. The van der Waals surface area contributed by atoms with E-state index < -0.39 is 11.6 Å². The van der Waals surface area contributed by atoms with Crippen molar-refractivity contribution < 1.29 is 9.53 Å². The standard InChI is InChI=1S/C23H20ClN3O4S/c1-14-6-7-16(11-18(14)24)25-20(28)13-26-19-8-9-32-21(19)22(29)27(23(26)30)12-15-4-3-5-17(10-15)31-2/h3-11H,12-13H2,1-2H3,(H,25,28). The molecule has 0 aliphatic heterocycles. The number of carbonyl (C=O) groups is 1. The molecule has 32 heavy (non-hydrogen) atoms. The lowest BCUT2D eigenvalue weighted by atomic mass is 10.2. The number of anilines is 1. The van der Waals surface area contributed by atoms with Gasteiger partial charge in [-0.1, -0.05) is 29.8 Å². The highest BCUT2D eigenvalue weighted by Crippen LogP contribution is 2.20. The molecule has 0 saturated heterocycles. The first kappa shape index (κ1) is 21.9. The van der Waals surface area contributed by atoms with Gasteiger partial charge in [0.05, 0.1) is 19.2 Å². The summed E-state index contributed by atoms with van der Waals surface area (Å²) < 4.78 is 8.10. The van der Waals surface area contributed by atoms with Crippen molar-refractivity contribution in [3.8, 4) is 5.75 Å². The Morgan fingerprint density at radius 1 is 1.12 bits per heavy atom. The predicted octanol–water partition coefficient (Wildman–Crippen LogP) is 3.88. The quantitative estimate of drug-likeness (QED) is 0.464. The summed E-state index contributed by atoms with van der Waals surface area (Å²) in [5.74, 6) is 0.232. The number of halogens is 1. The van der Waals surface area contributed by atoms with Crippen molar-refractivity contribution in [3.63, 3.8) is 0 Å². The molecule has 4 aromatic rings. The third-order valence-electron chi connectivity index (χ3n) is 5.07. The maximum atomic E-state index is 13.2. The van der Waals surface area contributed by atoms with Crippen LogP contribution in [0.3, 0.4) is 0 Å². The van der Waals surface area contributed by atoms with Gasteiger partial charge in [0.1, 0.15) is 17.0 Å². The Morgan fingerprint density at radius 3 is 2.69 bits per heavy atom. The van der Waals surface area contributed by atoms with Crippen LogP contribution >= 0.6 is 22.9 Å². The van der Waals surface area contributed by atoms with E-state index in [9.17, 15) is 14.4 Å². The number of carbonyl (C=O) groups excluding carboxylic acids is 1. The number of nitrogens with zero attached hydrogens (tertiary/aromatic N) is 2. The largest absolute Gasteiger partial charge is 0.497 e. The van der Waals surface area contributed by atoms with Gasteiger partial charge in [-0.3, -0.25) is 18.7 Å². The highest BCUT2D eigenvalue weighted by atomic mass is 35.5. The van der Waals surface area contributed by atoms with Crippen molar-refractivity contribution in [1.82, 2.24) is 9.13 Å². The number of rotatable bonds is 6. The number of amides is 1. The van der Waals surface area contributed by atoms with Crippen molar-refractivity contribution >= 4 is 44.7 Å². The van der Waals surface area contributed by atoms with Gasteiger partial charge in [0.2, 0.25) is 5.91 Å². The summed E-state index contributed by atoms with van der Waals surface area (Å²) in [5, 5.41) is 5.02. The van der Waals surface area contributed by atoms with Crippen LogP contribution in [0.1, 0.15) is 11.1 Å². The Hall–Kier alpha value is -3.36. The molecular weight excluding hydrogens is 450 g/mol. The SMILES string of the molecule is COc1cccc(Cn2c(=O)c3sccc3n(CC(=O)Nc3ccc(C)c(Cl)c3)c2=O)c1. The van der Waals surface area contributed by atoms with E-state index in [0.29, 0.717) is 26.7 Å². The van der Waals surface area contributed by atoms with Crippen LogP contribution in [0.5, 0.6) is 5.75 Å². The summed E-state index contributed by atoms with van der Waals surface area (Å²) in [6.07, 6.45) is 0. The topological polar surface area (TPSA) is 82.3 Å². The number of ether oxygens (including phenoxy) is 1. The van der Waals surface area contributed by atoms with Gasteiger partial charge in [0, 0.05) is 10.7 Å². The molecule has 2 heterocycles. The molecule has 0 unspecified atom stereocenters. The summed E-state index contributed by atoms with van der Waals surface area (Å²) in [6.45, 7) is 1.69. The van der Waals surface area contributed by atoms with Crippen molar-refractivity contribution in [1.29, 1.82) is 0 Å². The molecule has 1 N–H and O–H groups in total. The molecule has 7 nitrogen and oxygen atoms in total. The molecule has 0 spiro atoms. The molecule has 0 aliphatic rings. The van der Waals surface area contributed by atoms with E-state index in [1.54, 1.807) is 55.0 Å². The van der Waals surface area contributed by atoms with Crippen molar-refractivity contribution in [2.75, 3.05) is 12.4 Å². The molecule has 164 valence electrons. The smallest absolute Gasteiger partial charge is 0.332 e. The van der Waals surface area contributed by atoms with Crippen LogP contribution in [0.2, 0.25) is 5.02 Å². The molecule has 1 amide bonds. The van der Waals surface area contributed by atoms with E-state index in [4.69, 9.17) is 16.3 Å². The predicted molar refractivity (Wildman–Crippen MR) is 127 cm³/mol.